The zero-order valence-corrected chi connectivity index (χ0v) is 11.9. The van der Waals surface area contributed by atoms with Crippen molar-refractivity contribution in [2.45, 2.75) is 18.9 Å². The van der Waals surface area contributed by atoms with Gasteiger partial charge in [-0.1, -0.05) is 60.7 Å². The van der Waals surface area contributed by atoms with Crippen molar-refractivity contribution in [1.29, 1.82) is 5.26 Å². The molecule has 0 aliphatic rings. The minimum Gasteiger partial charge on any atom is -0.295 e. The highest BCUT2D eigenvalue weighted by Gasteiger charge is 2.18. The van der Waals surface area contributed by atoms with Gasteiger partial charge in [0.2, 0.25) is 0 Å². The Labute approximate surface area is 121 Å². The molecule has 2 nitrogen and oxygen atoms in total. The third-order valence-electron chi connectivity index (χ3n) is 3.47. The molecule has 2 heteroatoms. The van der Waals surface area contributed by atoms with Crippen LogP contribution in [0.4, 0.5) is 0 Å². The third-order valence-corrected chi connectivity index (χ3v) is 3.47. The summed E-state index contributed by atoms with van der Waals surface area (Å²) in [5.41, 5.74) is 2.58. The molecule has 0 bridgehead atoms. The van der Waals surface area contributed by atoms with Crippen LogP contribution in [0.25, 0.3) is 0 Å². The fourth-order valence-electron chi connectivity index (χ4n) is 2.51. The Morgan fingerprint density at radius 2 is 1.45 bits per heavy atom. The maximum atomic E-state index is 8.68. The highest BCUT2D eigenvalue weighted by molar-refractivity contribution is 5.31. The van der Waals surface area contributed by atoms with Crippen molar-refractivity contribution in [3.8, 4) is 6.07 Å². The number of benzene rings is 2. The summed E-state index contributed by atoms with van der Waals surface area (Å²) in [7, 11) is 2.13. The number of hydrogen-bond acceptors (Lipinski definition) is 2. The number of nitrogens with zero attached hydrogens (tertiary/aromatic N) is 2. The summed E-state index contributed by atoms with van der Waals surface area (Å²) in [4.78, 5) is 2.32. The zero-order valence-electron chi connectivity index (χ0n) is 11.9. The van der Waals surface area contributed by atoms with Gasteiger partial charge in [0.05, 0.1) is 12.1 Å². The molecule has 0 fully saturated rings. The van der Waals surface area contributed by atoms with Crippen molar-refractivity contribution in [1.82, 2.24) is 4.90 Å². The fourth-order valence-corrected chi connectivity index (χ4v) is 2.51. The molecule has 0 saturated carbocycles. The van der Waals surface area contributed by atoms with Gasteiger partial charge in [-0.05, 0) is 31.1 Å². The quantitative estimate of drug-likeness (QED) is 0.737. The van der Waals surface area contributed by atoms with E-state index in [0.717, 1.165) is 13.0 Å². The van der Waals surface area contributed by atoms with Crippen molar-refractivity contribution in [3.05, 3.63) is 71.8 Å². The Morgan fingerprint density at radius 3 is 1.90 bits per heavy atom. The van der Waals surface area contributed by atoms with Crippen molar-refractivity contribution in [2.24, 2.45) is 0 Å². The summed E-state index contributed by atoms with van der Waals surface area (Å²) >= 11 is 0. The molecule has 0 heterocycles. The Balaban J connectivity index is 2.23. The van der Waals surface area contributed by atoms with Gasteiger partial charge in [-0.25, -0.2) is 0 Å². The van der Waals surface area contributed by atoms with E-state index in [1.54, 1.807) is 0 Å². The van der Waals surface area contributed by atoms with Gasteiger partial charge in [0, 0.05) is 6.42 Å². The lowest BCUT2D eigenvalue weighted by atomic mass is 9.97. The fraction of sp³-hybridized carbons (Fsp3) is 0.278. The first-order valence-corrected chi connectivity index (χ1v) is 7.00. The Bertz CT molecular complexity index is 503. The van der Waals surface area contributed by atoms with E-state index in [1.807, 2.05) is 12.1 Å². The highest BCUT2D eigenvalue weighted by Crippen LogP contribution is 2.27. The van der Waals surface area contributed by atoms with Crippen LogP contribution < -0.4 is 0 Å². The van der Waals surface area contributed by atoms with Gasteiger partial charge in [-0.3, -0.25) is 4.90 Å². The van der Waals surface area contributed by atoms with Crippen molar-refractivity contribution >= 4 is 0 Å². The first-order chi connectivity index (χ1) is 9.83. The summed E-state index contributed by atoms with van der Waals surface area (Å²) in [5, 5.41) is 8.68. The van der Waals surface area contributed by atoms with E-state index in [4.69, 9.17) is 5.26 Å². The average Bonchev–Trinajstić information content (AvgIpc) is 2.50. The standard InChI is InChI=1S/C18H20N2/c1-20(15-9-8-14-19)18(16-10-4-2-5-11-16)17-12-6-3-7-13-17/h2-7,10-13,18H,8-9,15H2,1H3. The van der Waals surface area contributed by atoms with Gasteiger partial charge >= 0.3 is 0 Å². The van der Waals surface area contributed by atoms with Crippen LogP contribution in [0.5, 0.6) is 0 Å². The van der Waals surface area contributed by atoms with Crippen LogP contribution in [0.15, 0.2) is 60.7 Å². The first-order valence-electron chi connectivity index (χ1n) is 7.00. The molecule has 0 aliphatic carbocycles. The summed E-state index contributed by atoms with van der Waals surface area (Å²) in [6.07, 6.45) is 1.52. The second-order valence-electron chi connectivity index (χ2n) is 4.97. The minimum atomic E-state index is 0.246. The van der Waals surface area contributed by atoms with Crippen molar-refractivity contribution in [2.75, 3.05) is 13.6 Å². The summed E-state index contributed by atoms with van der Waals surface area (Å²) < 4.78 is 0. The molecule has 0 amide bonds. The van der Waals surface area contributed by atoms with Crippen molar-refractivity contribution < 1.29 is 0 Å². The summed E-state index contributed by atoms with van der Waals surface area (Å²) in [6, 6.07) is 23.5. The molecule has 0 unspecified atom stereocenters. The van der Waals surface area contributed by atoms with Gasteiger partial charge in [-0.2, -0.15) is 5.26 Å². The number of rotatable bonds is 6. The van der Waals surface area contributed by atoms with Crippen molar-refractivity contribution in [3.63, 3.8) is 0 Å². The van der Waals surface area contributed by atoms with E-state index >= 15 is 0 Å². The van der Waals surface area contributed by atoms with Crippen LogP contribution in [-0.4, -0.2) is 18.5 Å². The predicted octanol–water partition coefficient (Wildman–Crippen LogP) is 4.01. The first kappa shape index (κ1) is 14.3. The Hall–Kier alpha value is -2.11. The largest absolute Gasteiger partial charge is 0.295 e. The average molecular weight is 264 g/mol. The second-order valence-corrected chi connectivity index (χ2v) is 4.97. The molecular formula is C18H20N2. The predicted molar refractivity (Wildman–Crippen MR) is 82.2 cm³/mol. The Kier molecular flexibility index (Phi) is 5.34. The molecule has 0 radical (unpaired) electrons. The van der Waals surface area contributed by atoms with E-state index in [2.05, 4.69) is 66.5 Å². The van der Waals surface area contributed by atoms with E-state index < -0.39 is 0 Å². The van der Waals surface area contributed by atoms with E-state index in [9.17, 15) is 0 Å². The molecule has 0 saturated heterocycles. The van der Waals surface area contributed by atoms with Gasteiger partial charge in [0.15, 0.2) is 0 Å². The molecule has 0 atom stereocenters. The number of hydrogen-bond donors (Lipinski definition) is 0. The van der Waals surface area contributed by atoms with Gasteiger partial charge in [-0.15, -0.1) is 0 Å². The smallest absolute Gasteiger partial charge is 0.0622 e. The van der Waals surface area contributed by atoms with Gasteiger partial charge in [0.25, 0.3) is 0 Å². The molecule has 0 spiro atoms. The normalized spacial score (nSPS) is 10.7. The SMILES string of the molecule is CN(CCCC#N)C(c1ccccc1)c1ccccc1. The van der Waals surface area contributed by atoms with Gasteiger partial charge < -0.3 is 0 Å². The lowest BCUT2D eigenvalue weighted by molar-refractivity contribution is 0.276. The monoisotopic (exact) mass is 264 g/mol. The molecule has 0 aromatic heterocycles. The lowest BCUT2D eigenvalue weighted by Crippen LogP contribution is -2.26. The van der Waals surface area contributed by atoms with Crippen LogP contribution in [0.2, 0.25) is 0 Å². The van der Waals surface area contributed by atoms with E-state index in [1.165, 1.54) is 11.1 Å². The summed E-state index contributed by atoms with van der Waals surface area (Å²) in [5.74, 6) is 0. The highest BCUT2D eigenvalue weighted by atomic mass is 15.1. The number of nitriles is 1. The Morgan fingerprint density at radius 1 is 0.950 bits per heavy atom. The van der Waals surface area contributed by atoms with E-state index in [0.29, 0.717) is 6.42 Å². The molecule has 2 rings (SSSR count). The summed E-state index contributed by atoms with van der Waals surface area (Å²) in [6.45, 7) is 0.919. The van der Waals surface area contributed by atoms with Gasteiger partial charge in [0.1, 0.15) is 0 Å². The molecule has 2 aromatic rings. The third kappa shape index (κ3) is 3.69. The molecule has 0 aliphatic heterocycles. The molecule has 102 valence electrons. The zero-order chi connectivity index (χ0) is 14.2. The maximum absolute atomic E-state index is 8.68. The topological polar surface area (TPSA) is 27.0 Å². The van der Waals surface area contributed by atoms with Crippen LogP contribution in [0, 0.1) is 11.3 Å². The number of unbranched alkanes of at least 4 members (excludes halogenated alkanes) is 1. The minimum absolute atomic E-state index is 0.246. The van der Waals surface area contributed by atoms with E-state index in [-0.39, 0.29) is 6.04 Å². The maximum Gasteiger partial charge on any atom is 0.0622 e. The second kappa shape index (κ2) is 7.47. The van der Waals surface area contributed by atoms with Crippen LogP contribution >= 0.6 is 0 Å². The lowest BCUT2D eigenvalue weighted by Gasteiger charge is -2.29. The van der Waals surface area contributed by atoms with Crippen LogP contribution in [-0.2, 0) is 0 Å². The molecule has 2 aromatic carbocycles. The molecule has 0 N–H and O–H groups in total. The molecule has 20 heavy (non-hydrogen) atoms. The van der Waals surface area contributed by atoms with Crippen LogP contribution in [0.1, 0.15) is 30.0 Å². The molecular weight excluding hydrogens is 244 g/mol. The van der Waals surface area contributed by atoms with Crippen LogP contribution in [0.3, 0.4) is 0 Å².